The van der Waals surface area contributed by atoms with Gasteiger partial charge in [0.15, 0.2) is 0 Å². The lowest BCUT2D eigenvalue weighted by molar-refractivity contribution is 0.273. The molecule has 0 spiro atoms. The van der Waals surface area contributed by atoms with Crippen molar-refractivity contribution in [1.29, 1.82) is 0 Å². The van der Waals surface area contributed by atoms with E-state index in [0.717, 1.165) is 13.1 Å². The number of halogens is 3. The standard InChI is InChI=1S/C13H17ClF2N2/c1-9-8-17(2)3-4-18(9)13-11(15)5-10(7-14)6-12(13)16/h5-6,9H,3-4,7-8H2,1-2H3. The molecule has 5 heteroatoms. The number of hydrogen-bond acceptors (Lipinski definition) is 2. The van der Waals surface area contributed by atoms with E-state index in [1.807, 2.05) is 14.0 Å². The molecule has 1 aromatic carbocycles. The van der Waals surface area contributed by atoms with Crippen LogP contribution in [0.15, 0.2) is 12.1 Å². The summed E-state index contributed by atoms with van der Waals surface area (Å²) >= 11 is 5.60. The molecule has 2 nitrogen and oxygen atoms in total. The van der Waals surface area contributed by atoms with Crippen LogP contribution in [0, 0.1) is 11.6 Å². The summed E-state index contributed by atoms with van der Waals surface area (Å²) in [5, 5.41) is 0. The van der Waals surface area contributed by atoms with Gasteiger partial charge in [-0.1, -0.05) is 0 Å². The molecule has 0 amide bonds. The van der Waals surface area contributed by atoms with Gasteiger partial charge in [-0.05, 0) is 31.7 Å². The molecule has 1 aliphatic heterocycles. The molecule has 0 bridgehead atoms. The van der Waals surface area contributed by atoms with Crippen molar-refractivity contribution in [3.8, 4) is 0 Å². The highest BCUT2D eigenvalue weighted by Gasteiger charge is 2.26. The Morgan fingerprint density at radius 3 is 2.39 bits per heavy atom. The Balaban J connectivity index is 2.33. The number of nitrogens with zero attached hydrogens (tertiary/aromatic N) is 2. The number of anilines is 1. The summed E-state index contributed by atoms with van der Waals surface area (Å²) in [5.74, 6) is -0.934. The molecule has 1 aliphatic rings. The lowest BCUT2D eigenvalue weighted by Gasteiger charge is -2.40. The van der Waals surface area contributed by atoms with Gasteiger partial charge in [0.05, 0.1) is 0 Å². The van der Waals surface area contributed by atoms with Gasteiger partial charge in [0.1, 0.15) is 17.3 Å². The summed E-state index contributed by atoms with van der Waals surface area (Å²) in [7, 11) is 2.01. The van der Waals surface area contributed by atoms with E-state index in [1.54, 1.807) is 4.90 Å². The van der Waals surface area contributed by atoms with Crippen LogP contribution >= 0.6 is 11.6 Å². The molecule has 1 saturated heterocycles. The third kappa shape index (κ3) is 2.59. The van der Waals surface area contributed by atoms with E-state index in [1.165, 1.54) is 12.1 Å². The van der Waals surface area contributed by atoms with Crippen LogP contribution in [-0.4, -0.2) is 37.6 Å². The molecule has 0 aliphatic carbocycles. The van der Waals surface area contributed by atoms with Gasteiger partial charge in [-0.3, -0.25) is 0 Å². The summed E-state index contributed by atoms with van der Waals surface area (Å²) in [4.78, 5) is 3.95. The largest absolute Gasteiger partial charge is 0.362 e. The van der Waals surface area contributed by atoms with Crippen LogP contribution in [0.3, 0.4) is 0 Å². The summed E-state index contributed by atoms with van der Waals surface area (Å²) in [6.07, 6.45) is 0. The first kappa shape index (κ1) is 13.6. The van der Waals surface area contributed by atoms with Gasteiger partial charge in [-0.2, -0.15) is 0 Å². The van der Waals surface area contributed by atoms with Crippen LogP contribution in [0.4, 0.5) is 14.5 Å². The van der Waals surface area contributed by atoms with E-state index in [9.17, 15) is 8.78 Å². The first-order chi connectivity index (χ1) is 8.52. The molecule has 1 aromatic rings. The summed E-state index contributed by atoms with van der Waals surface area (Å²) in [6, 6.07) is 2.72. The molecule has 18 heavy (non-hydrogen) atoms. The first-order valence-electron chi connectivity index (χ1n) is 6.02. The third-order valence-corrected chi connectivity index (χ3v) is 3.66. The second-order valence-electron chi connectivity index (χ2n) is 4.85. The zero-order valence-electron chi connectivity index (χ0n) is 10.6. The minimum absolute atomic E-state index is 0.0736. The molecule has 100 valence electrons. The van der Waals surface area contributed by atoms with Crippen molar-refractivity contribution in [3.05, 3.63) is 29.3 Å². The van der Waals surface area contributed by atoms with Crippen molar-refractivity contribution < 1.29 is 8.78 Å². The summed E-state index contributed by atoms with van der Waals surface area (Å²) in [6.45, 7) is 4.21. The predicted octanol–water partition coefficient (Wildman–Crippen LogP) is 2.84. The maximum atomic E-state index is 14.0. The molecule has 0 radical (unpaired) electrons. The van der Waals surface area contributed by atoms with Crippen LogP contribution in [-0.2, 0) is 5.88 Å². The lowest BCUT2D eigenvalue weighted by atomic mass is 10.1. The van der Waals surface area contributed by atoms with Crippen molar-refractivity contribution in [1.82, 2.24) is 4.90 Å². The molecule has 0 aromatic heterocycles. The number of likely N-dealkylation sites (N-methyl/N-ethyl adjacent to an activating group) is 1. The Kier molecular flexibility index (Phi) is 4.07. The molecule has 0 saturated carbocycles. The van der Waals surface area contributed by atoms with E-state index in [-0.39, 0.29) is 17.6 Å². The second kappa shape index (κ2) is 5.41. The fraction of sp³-hybridized carbons (Fsp3) is 0.538. The van der Waals surface area contributed by atoms with Crippen molar-refractivity contribution in [3.63, 3.8) is 0 Å². The van der Waals surface area contributed by atoms with E-state index >= 15 is 0 Å². The maximum absolute atomic E-state index is 14.0. The average molecular weight is 275 g/mol. The average Bonchev–Trinajstić information content (AvgIpc) is 2.30. The Labute approximate surface area is 111 Å². The van der Waals surface area contributed by atoms with Gasteiger partial charge in [0.2, 0.25) is 0 Å². The van der Waals surface area contributed by atoms with Gasteiger partial charge in [-0.15, -0.1) is 11.6 Å². The number of rotatable bonds is 2. The van der Waals surface area contributed by atoms with Crippen LogP contribution in [0.2, 0.25) is 0 Å². The molecule has 1 heterocycles. The van der Waals surface area contributed by atoms with E-state index in [2.05, 4.69) is 4.90 Å². The Hall–Kier alpha value is -0.870. The van der Waals surface area contributed by atoms with Gasteiger partial charge < -0.3 is 9.80 Å². The van der Waals surface area contributed by atoms with Crippen molar-refractivity contribution in [2.24, 2.45) is 0 Å². The van der Waals surface area contributed by atoms with E-state index < -0.39 is 11.6 Å². The molecule has 1 unspecified atom stereocenters. The molecule has 0 N–H and O–H groups in total. The highest BCUT2D eigenvalue weighted by Crippen LogP contribution is 2.28. The van der Waals surface area contributed by atoms with Gasteiger partial charge in [-0.25, -0.2) is 8.78 Å². The quantitative estimate of drug-likeness (QED) is 0.765. The van der Waals surface area contributed by atoms with Gasteiger partial charge >= 0.3 is 0 Å². The summed E-state index contributed by atoms with van der Waals surface area (Å²) < 4.78 is 28.0. The maximum Gasteiger partial charge on any atom is 0.149 e. The van der Waals surface area contributed by atoms with Crippen LogP contribution in [0.5, 0.6) is 0 Å². The minimum Gasteiger partial charge on any atom is -0.362 e. The highest BCUT2D eigenvalue weighted by atomic mass is 35.5. The summed E-state index contributed by atoms with van der Waals surface area (Å²) in [5.41, 5.74) is 0.543. The number of hydrogen-bond donors (Lipinski definition) is 0. The van der Waals surface area contributed by atoms with Crippen molar-refractivity contribution >= 4 is 17.3 Å². The minimum atomic E-state index is -0.526. The van der Waals surface area contributed by atoms with Crippen LogP contribution in [0.25, 0.3) is 0 Å². The van der Waals surface area contributed by atoms with Crippen LogP contribution in [0.1, 0.15) is 12.5 Å². The number of benzene rings is 1. The lowest BCUT2D eigenvalue weighted by Crippen LogP contribution is -2.51. The zero-order chi connectivity index (χ0) is 13.3. The molecular weight excluding hydrogens is 258 g/mol. The van der Waals surface area contributed by atoms with Gasteiger partial charge in [0.25, 0.3) is 0 Å². The third-order valence-electron chi connectivity index (χ3n) is 3.35. The normalized spacial score (nSPS) is 21.4. The predicted molar refractivity (Wildman–Crippen MR) is 70.2 cm³/mol. The first-order valence-corrected chi connectivity index (χ1v) is 6.55. The SMILES string of the molecule is CC1CN(C)CCN1c1c(F)cc(CCl)cc1F. The smallest absolute Gasteiger partial charge is 0.149 e. The van der Waals surface area contributed by atoms with Crippen molar-refractivity contribution in [2.75, 3.05) is 31.6 Å². The van der Waals surface area contributed by atoms with E-state index in [4.69, 9.17) is 11.6 Å². The van der Waals surface area contributed by atoms with Crippen LogP contribution < -0.4 is 4.90 Å². The fourth-order valence-corrected chi connectivity index (χ4v) is 2.60. The fourth-order valence-electron chi connectivity index (χ4n) is 2.44. The molecular formula is C13H17ClF2N2. The van der Waals surface area contributed by atoms with E-state index in [0.29, 0.717) is 12.1 Å². The van der Waals surface area contributed by atoms with Gasteiger partial charge in [0, 0.05) is 31.6 Å². The Bertz CT molecular complexity index is 416. The monoisotopic (exact) mass is 274 g/mol. The van der Waals surface area contributed by atoms with Crippen molar-refractivity contribution in [2.45, 2.75) is 18.8 Å². The topological polar surface area (TPSA) is 6.48 Å². The Morgan fingerprint density at radius 2 is 1.89 bits per heavy atom. The molecule has 1 fully saturated rings. The number of piperazine rings is 1. The number of alkyl halides is 1. The molecule has 1 atom stereocenters. The second-order valence-corrected chi connectivity index (χ2v) is 5.11. The highest BCUT2D eigenvalue weighted by molar-refractivity contribution is 6.17. The Morgan fingerprint density at radius 1 is 1.28 bits per heavy atom. The zero-order valence-corrected chi connectivity index (χ0v) is 11.3. The molecule has 2 rings (SSSR count).